The second-order valence-electron chi connectivity index (χ2n) is 4.38. The van der Waals surface area contributed by atoms with Crippen LogP contribution in [0.1, 0.15) is 11.4 Å². The van der Waals surface area contributed by atoms with E-state index >= 15 is 0 Å². The third-order valence-electron chi connectivity index (χ3n) is 2.96. The van der Waals surface area contributed by atoms with Gasteiger partial charge in [-0.05, 0) is 13.8 Å². The van der Waals surface area contributed by atoms with Crippen LogP contribution in [0.15, 0.2) is 18.7 Å². The normalized spacial score (nSPS) is 10.9. The van der Waals surface area contributed by atoms with Gasteiger partial charge in [0.15, 0.2) is 0 Å². The average molecular weight is 305 g/mol. The van der Waals surface area contributed by atoms with E-state index in [-0.39, 0.29) is 0 Å². The number of aryl methyl sites for hydroxylation is 1. The lowest BCUT2D eigenvalue weighted by atomic mass is 10.4. The van der Waals surface area contributed by atoms with Crippen molar-refractivity contribution in [2.24, 2.45) is 0 Å². The lowest BCUT2D eigenvalue weighted by Crippen LogP contribution is -2.12. The SMILES string of the molecule is CNc1nc(-n2ccnc2)nc(-n2nc(C)c(Cl)c2C)n1. The van der Waals surface area contributed by atoms with Crippen molar-refractivity contribution < 1.29 is 0 Å². The van der Waals surface area contributed by atoms with Gasteiger partial charge in [0.1, 0.15) is 6.33 Å². The molecule has 0 radical (unpaired) electrons. The summed E-state index contributed by atoms with van der Waals surface area (Å²) < 4.78 is 3.29. The molecule has 0 aliphatic heterocycles. The lowest BCUT2D eigenvalue weighted by Gasteiger charge is -2.07. The molecule has 0 saturated heterocycles. The van der Waals surface area contributed by atoms with E-state index in [4.69, 9.17) is 11.6 Å². The number of imidazole rings is 1. The fourth-order valence-corrected chi connectivity index (χ4v) is 1.99. The van der Waals surface area contributed by atoms with Crippen LogP contribution in [0.4, 0.5) is 5.95 Å². The highest BCUT2D eigenvalue weighted by molar-refractivity contribution is 6.31. The van der Waals surface area contributed by atoms with Crippen molar-refractivity contribution in [3.8, 4) is 11.9 Å². The molecule has 0 amide bonds. The zero-order valence-electron chi connectivity index (χ0n) is 11.7. The maximum absolute atomic E-state index is 6.18. The Morgan fingerprint density at radius 3 is 2.48 bits per heavy atom. The van der Waals surface area contributed by atoms with Crippen LogP contribution in [0.5, 0.6) is 0 Å². The van der Waals surface area contributed by atoms with Crippen molar-refractivity contribution in [1.82, 2.24) is 34.3 Å². The van der Waals surface area contributed by atoms with Crippen molar-refractivity contribution in [1.29, 1.82) is 0 Å². The number of hydrogen-bond acceptors (Lipinski definition) is 6. The Labute approximate surface area is 125 Å². The van der Waals surface area contributed by atoms with Gasteiger partial charge in [0.25, 0.3) is 5.95 Å². The molecule has 1 N–H and O–H groups in total. The molecule has 3 heterocycles. The summed E-state index contributed by atoms with van der Waals surface area (Å²) in [4.78, 5) is 17.0. The first kappa shape index (κ1) is 13.5. The van der Waals surface area contributed by atoms with Crippen LogP contribution in [-0.2, 0) is 0 Å². The van der Waals surface area contributed by atoms with E-state index in [1.165, 1.54) is 0 Å². The Morgan fingerprint density at radius 2 is 1.90 bits per heavy atom. The third kappa shape index (κ3) is 2.33. The van der Waals surface area contributed by atoms with Crippen molar-refractivity contribution in [2.45, 2.75) is 13.8 Å². The van der Waals surface area contributed by atoms with Gasteiger partial charge in [-0.1, -0.05) is 11.6 Å². The molecule has 0 unspecified atom stereocenters. The van der Waals surface area contributed by atoms with Crippen molar-refractivity contribution in [3.63, 3.8) is 0 Å². The van der Waals surface area contributed by atoms with E-state index < -0.39 is 0 Å². The average Bonchev–Trinajstić information content (AvgIpc) is 3.12. The molecule has 8 nitrogen and oxygen atoms in total. The van der Waals surface area contributed by atoms with Gasteiger partial charge < -0.3 is 5.32 Å². The standard InChI is InChI=1S/C12H13ClN8/c1-7-9(13)8(2)21(19-7)12-17-10(14-3)16-11(18-12)20-5-4-15-6-20/h4-6H,1-3H3,(H,14,16,17,18). The summed E-state index contributed by atoms with van der Waals surface area (Å²) in [5, 5.41) is 7.87. The maximum Gasteiger partial charge on any atom is 0.257 e. The minimum atomic E-state index is 0.394. The van der Waals surface area contributed by atoms with Gasteiger partial charge in [-0.15, -0.1) is 0 Å². The first-order valence-electron chi connectivity index (χ1n) is 6.24. The minimum Gasteiger partial charge on any atom is -0.357 e. The summed E-state index contributed by atoms with van der Waals surface area (Å²) >= 11 is 6.18. The summed E-state index contributed by atoms with van der Waals surface area (Å²) in [5.74, 6) is 1.28. The van der Waals surface area contributed by atoms with Gasteiger partial charge in [0.2, 0.25) is 11.9 Å². The largest absolute Gasteiger partial charge is 0.357 e. The van der Waals surface area contributed by atoms with Gasteiger partial charge in [-0.3, -0.25) is 4.57 Å². The Kier molecular flexibility index (Phi) is 3.30. The number of aromatic nitrogens is 7. The summed E-state index contributed by atoms with van der Waals surface area (Å²) in [5.41, 5.74) is 1.50. The fraction of sp³-hybridized carbons (Fsp3) is 0.250. The Bertz CT molecular complexity index is 777. The van der Waals surface area contributed by atoms with Crippen LogP contribution in [0.2, 0.25) is 5.02 Å². The molecule has 0 aliphatic rings. The highest BCUT2D eigenvalue weighted by Crippen LogP contribution is 2.21. The molecule has 3 rings (SSSR count). The number of nitrogens with zero attached hydrogens (tertiary/aromatic N) is 7. The highest BCUT2D eigenvalue weighted by atomic mass is 35.5. The molecular weight excluding hydrogens is 292 g/mol. The summed E-state index contributed by atoms with van der Waals surface area (Å²) in [7, 11) is 1.74. The number of hydrogen-bond donors (Lipinski definition) is 1. The summed E-state index contributed by atoms with van der Waals surface area (Å²) in [6.45, 7) is 3.70. The lowest BCUT2D eigenvalue weighted by molar-refractivity contribution is 0.751. The third-order valence-corrected chi connectivity index (χ3v) is 3.51. The van der Waals surface area contributed by atoms with Crippen molar-refractivity contribution >= 4 is 17.5 Å². The molecule has 21 heavy (non-hydrogen) atoms. The fourth-order valence-electron chi connectivity index (χ4n) is 1.87. The van der Waals surface area contributed by atoms with Crippen LogP contribution in [0.25, 0.3) is 11.9 Å². The zero-order valence-corrected chi connectivity index (χ0v) is 12.5. The van der Waals surface area contributed by atoms with E-state index in [0.29, 0.717) is 22.9 Å². The van der Waals surface area contributed by atoms with Crippen LogP contribution in [0, 0.1) is 13.8 Å². The summed E-state index contributed by atoms with van der Waals surface area (Å²) in [6, 6.07) is 0. The predicted molar refractivity (Wildman–Crippen MR) is 78.1 cm³/mol. The highest BCUT2D eigenvalue weighted by Gasteiger charge is 2.15. The Balaban J connectivity index is 2.18. The van der Waals surface area contributed by atoms with Crippen LogP contribution >= 0.6 is 11.6 Å². The zero-order chi connectivity index (χ0) is 15.0. The molecule has 3 aromatic rings. The molecular formula is C12H13ClN8. The van der Waals surface area contributed by atoms with E-state index in [2.05, 4.69) is 30.4 Å². The van der Waals surface area contributed by atoms with Gasteiger partial charge in [-0.25, -0.2) is 9.67 Å². The first-order valence-corrected chi connectivity index (χ1v) is 6.62. The molecule has 0 atom stereocenters. The van der Waals surface area contributed by atoms with Crippen molar-refractivity contribution in [3.05, 3.63) is 35.1 Å². The van der Waals surface area contributed by atoms with Gasteiger partial charge in [0.05, 0.1) is 16.4 Å². The van der Waals surface area contributed by atoms with E-state index in [1.807, 2.05) is 13.8 Å². The van der Waals surface area contributed by atoms with Gasteiger partial charge >= 0.3 is 0 Å². The van der Waals surface area contributed by atoms with E-state index in [9.17, 15) is 0 Å². The molecule has 3 aromatic heterocycles. The van der Waals surface area contributed by atoms with Gasteiger partial charge in [0, 0.05) is 19.4 Å². The molecule has 0 spiro atoms. The number of anilines is 1. The predicted octanol–water partition coefficient (Wildman–Crippen LogP) is 1.55. The Morgan fingerprint density at radius 1 is 1.14 bits per heavy atom. The van der Waals surface area contributed by atoms with Gasteiger partial charge in [-0.2, -0.15) is 20.1 Å². The molecule has 0 aromatic carbocycles. The minimum absolute atomic E-state index is 0.394. The van der Waals surface area contributed by atoms with Crippen molar-refractivity contribution in [2.75, 3.05) is 12.4 Å². The quantitative estimate of drug-likeness (QED) is 0.790. The van der Waals surface area contributed by atoms with Crippen LogP contribution in [-0.4, -0.2) is 41.3 Å². The molecule has 108 valence electrons. The molecule has 9 heteroatoms. The topological polar surface area (TPSA) is 86.3 Å². The maximum atomic E-state index is 6.18. The number of halogens is 1. The second kappa shape index (κ2) is 5.13. The molecule has 0 saturated carbocycles. The van der Waals surface area contributed by atoms with E-state index in [0.717, 1.165) is 11.4 Å². The van der Waals surface area contributed by atoms with Crippen LogP contribution < -0.4 is 5.32 Å². The summed E-state index contributed by atoms with van der Waals surface area (Å²) in [6.07, 6.45) is 5.03. The van der Waals surface area contributed by atoms with Crippen LogP contribution in [0.3, 0.4) is 0 Å². The smallest absolute Gasteiger partial charge is 0.257 e. The first-order chi connectivity index (χ1) is 10.1. The number of rotatable bonds is 3. The molecule has 0 fully saturated rings. The number of nitrogens with one attached hydrogen (secondary N) is 1. The Hall–Kier alpha value is -2.48. The molecule has 0 bridgehead atoms. The second-order valence-corrected chi connectivity index (χ2v) is 4.75. The van der Waals surface area contributed by atoms with E-state index in [1.54, 1.807) is 35.0 Å². The molecule has 0 aliphatic carbocycles. The monoisotopic (exact) mass is 304 g/mol.